The van der Waals surface area contributed by atoms with Crippen molar-refractivity contribution in [3.8, 4) is 0 Å². The summed E-state index contributed by atoms with van der Waals surface area (Å²) in [5.74, 6) is -0.723. The molecule has 1 aliphatic heterocycles. The van der Waals surface area contributed by atoms with Crippen LogP contribution in [0.2, 0.25) is 0 Å². The molecule has 27 heavy (non-hydrogen) atoms. The largest absolute Gasteiger partial charge is 0.438 e. The fraction of sp³-hybridized carbons (Fsp3) is 0.556. The number of hydrogen-bond donors (Lipinski definition) is 2. The van der Waals surface area contributed by atoms with Gasteiger partial charge in [0.25, 0.3) is 0 Å². The second kappa shape index (κ2) is 6.70. The fourth-order valence-corrected chi connectivity index (χ4v) is 3.78. The molecule has 2 fully saturated rings. The number of amides is 2. The Morgan fingerprint density at radius 3 is 2.59 bits per heavy atom. The van der Waals surface area contributed by atoms with E-state index >= 15 is 0 Å². The average Bonchev–Trinajstić information content (AvgIpc) is 2.75. The first-order valence-corrected chi connectivity index (χ1v) is 8.75. The monoisotopic (exact) mass is 386 g/mol. The standard InChI is InChI=1S/C18H21F3N2O4/c1-16(26)17(8-3-2-4-9-17)27-15(25)23(16)11-14(24)22-13-7-5-6-12(10-13)18(19,20)21/h5-7,10,26H,2-4,8-9,11H2,1H3,(H,22,24)/t16-/m0/s1. The van der Waals surface area contributed by atoms with Crippen LogP contribution in [0.3, 0.4) is 0 Å². The number of nitrogens with one attached hydrogen (secondary N) is 1. The van der Waals surface area contributed by atoms with E-state index in [0.29, 0.717) is 12.8 Å². The summed E-state index contributed by atoms with van der Waals surface area (Å²) in [5, 5.41) is 13.2. The molecular formula is C18H21F3N2O4. The Balaban J connectivity index is 1.72. The second-order valence-electron chi connectivity index (χ2n) is 7.16. The zero-order chi connectivity index (χ0) is 19.9. The lowest BCUT2D eigenvalue weighted by molar-refractivity contribution is -0.160. The molecule has 2 aliphatic rings. The fourth-order valence-electron chi connectivity index (χ4n) is 3.78. The van der Waals surface area contributed by atoms with Gasteiger partial charge in [0.2, 0.25) is 5.91 Å². The van der Waals surface area contributed by atoms with Crippen molar-refractivity contribution < 1.29 is 32.6 Å². The van der Waals surface area contributed by atoms with Gasteiger partial charge in [-0.1, -0.05) is 12.5 Å². The molecule has 1 atom stereocenters. The number of halogens is 3. The molecule has 1 saturated carbocycles. The minimum Gasteiger partial charge on any atom is -0.438 e. The minimum atomic E-state index is -4.53. The highest BCUT2D eigenvalue weighted by Crippen LogP contribution is 2.46. The number of nitrogens with zero attached hydrogens (tertiary/aromatic N) is 1. The van der Waals surface area contributed by atoms with E-state index in [4.69, 9.17) is 4.74 Å². The lowest BCUT2D eigenvalue weighted by Gasteiger charge is -2.41. The lowest BCUT2D eigenvalue weighted by Crippen LogP contribution is -2.58. The molecule has 0 aromatic heterocycles. The van der Waals surface area contributed by atoms with Crippen LogP contribution in [0.5, 0.6) is 0 Å². The maximum absolute atomic E-state index is 12.8. The Morgan fingerprint density at radius 1 is 1.30 bits per heavy atom. The van der Waals surface area contributed by atoms with E-state index in [1.807, 2.05) is 0 Å². The zero-order valence-electron chi connectivity index (χ0n) is 14.8. The Kier molecular flexibility index (Phi) is 4.83. The van der Waals surface area contributed by atoms with Gasteiger partial charge in [0.1, 0.15) is 6.54 Å². The molecule has 2 N–H and O–H groups in total. The number of hydrogen-bond acceptors (Lipinski definition) is 4. The molecule has 2 amide bonds. The second-order valence-corrected chi connectivity index (χ2v) is 7.16. The molecule has 0 unspecified atom stereocenters. The molecule has 0 radical (unpaired) electrons. The summed E-state index contributed by atoms with van der Waals surface area (Å²) in [6, 6.07) is 4.19. The van der Waals surface area contributed by atoms with Gasteiger partial charge in [0.15, 0.2) is 11.3 Å². The Morgan fingerprint density at radius 2 is 1.96 bits per heavy atom. The summed E-state index contributed by atoms with van der Waals surface area (Å²) in [4.78, 5) is 25.5. The van der Waals surface area contributed by atoms with Gasteiger partial charge < -0.3 is 15.2 Å². The third-order valence-electron chi connectivity index (χ3n) is 5.33. The van der Waals surface area contributed by atoms with Crippen LogP contribution in [-0.2, 0) is 15.7 Å². The molecule has 1 aromatic rings. The number of benzene rings is 1. The molecule has 6 nitrogen and oxygen atoms in total. The van der Waals surface area contributed by atoms with Crippen molar-refractivity contribution in [3.05, 3.63) is 29.8 Å². The third kappa shape index (κ3) is 3.60. The first-order chi connectivity index (χ1) is 12.6. The lowest BCUT2D eigenvalue weighted by atomic mass is 9.77. The van der Waals surface area contributed by atoms with Gasteiger partial charge in [-0.25, -0.2) is 4.79 Å². The molecule has 1 spiro atoms. The molecule has 3 rings (SSSR count). The van der Waals surface area contributed by atoms with Gasteiger partial charge >= 0.3 is 12.3 Å². The van der Waals surface area contributed by atoms with E-state index in [-0.39, 0.29) is 5.69 Å². The highest BCUT2D eigenvalue weighted by atomic mass is 19.4. The highest BCUT2D eigenvalue weighted by molar-refractivity contribution is 5.94. The molecule has 9 heteroatoms. The average molecular weight is 386 g/mol. The van der Waals surface area contributed by atoms with Crippen LogP contribution < -0.4 is 5.32 Å². The van der Waals surface area contributed by atoms with Crippen molar-refractivity contribution >= 4 is 17.7 Å². The van der Waals surface area contributed by atoms with Gasteiger partial charge in [-0.2, -0.15) is 13.2 Å². The van der Waals surface area contributed by atoms with E-state index in [1.54, 1.807) is 0 Å². The maximum Gasteiger partial charge on any atom is 0.416 e. The zero-order valence-corrected chi connectivity index (χ0v) is 14.8. The van der Waals surface area contributed by atoms with Crippen molar-refractivity contribution in [3.63, 3.8) is 0 Å². The number of anilines is 1. The molecule has 1 aromatic carbocycles. The molecule has 148 valence electrons. The van der Waals surface area contributed by atoms with Gasteiger partial charge in [-0.05, 0) is 50.8 Å². The highest BCUT2D eigenvalue weighted by Gasteiger charge is 2.62. The first kappa shape index (κ1) is 19.5. The van der Waals surface area contributed by atoms with Crippen LogP contribution >= 0.6 is 0 Å². The Labute approximate surface area is 154 Å². The van der Waals surface area contributed by atoms with Gasteiger partial charge in [-0.3, -0.25) is 9.69 Å². The molecule has 1 saturated heterocycles. The summed E-state index contributed by atoms with van der Waals surface area (Å²) in [6.07, 6.45) is -1.76. The number of alkyl halides is 3. The predicted molar refractivity (Wildman–Crippen MR) is 89.7 cm³/mol. The van der Waals surface area contributed by atoms with Gasteiger partial charge in [0, 0.05) is 5.69 Å². The summed E-state index contributed by atoms with van der Waals surface area (Å²) in [7, 11) is 0. The van der Waals surface area contributed by atoms with Crippen molar-refractivity contribution in [1.82, 2.24) is 4.90 Å². The van der Waals surface area contributed by atoms with E-state index < -0.39 is 41.6 Å². The van der Waals surface area contributed by atoms with Crippen LogP contribution in [0, 0.1) is 0 Å². The van der Waals surface area contributed by atoms with E-state index in [2.05, 4.69) is 5.32 Å². The molecule has 1 aliphatic carbocycles. The normalized spacial score (nSPS) is 24.8. The summed E-state index contributed by atoms with van der Waals surface area (Å²) >= 11 is 0. The van der Waals surface area contributed by atoms with Crippen LogP contribution in [0.1, 0.15) is 44.6 Å². The number of carbonyl (C=O) groups excluding carboxylic acids is 2. The Hall–Kier alpha value is -2.29. The van der Waals surface area contributed by atoms with Gasteiger partial charge in [-0.15, -0.1) is 0 Å². The van der Waals surface area contributed by atoms with E-state index in [0.717, 1.165) is 36.3 Å². The summed E-state index contributed by atoms with van der Waals surface area (Å²) in [6.45, 7) is 0.907. The molecule has 0 bridgehead atoms. The molecular weight excluding hydrogens is 365 g/mol. The molecule has 1 heterocycles. The summed E-state index contributed by atoms with van der Waals surface area (Å²) in [5.41, 5.74) is -3.67. The van der Waals surface area contributed by atoms with Crippen LogP contribution in [0.25, 0.3) is 0 Å². The van der Waals surface area contributed by atoms with Crippen molar-refractivity contribution in [2.24, 2.45) is 0 Å². The number of ether oxygens (including phenoxy) is 1. The quantitative estimate of drug-likeness (QED) is 0.833. The topological polar surface area (TPSA) is 78.9 Å². The summed E-state index contributed by atoms with van der Waals surface area (Å²) < 4.78 is 43.8. The minimum absolute atomic E-state index is 0.0468. The number of rotatable bonds is 3. The number of carbonyl (C=O) groups is 2. The third-order valence-corrected chi connectivity index (χ3v) is 5.33. The Bertz CT molecular complexity index is 742. The smallest absolute Gasteiger partial charge is 0.416 e. The van der Waals surface area contributed by atoms with Crippen molar-refractivity contribution in [2.75, 3.05) is 11.9 Å². The predicted octanol–water partition coefficient (Wildman–Crippen LogP) is 3.51. The van der Waals surface area contributed by atoms with Crippen molar-refractivity contribution in [1.29, 1.82) is 0 Å². The van der Waals surface area contributed by atoms with E-state index in [9.17, 15) is 27.9 Å². The first-order valence-electron chi connectivity index (χ1n) is 8.75. The van der Waals surface area contributed by atoms with Crippen LogP contribution in [0.15, 0.2) is 24.3 Å². The number of aliphatic hydroxyl groups is 1. The van der Waals surface area contributed by atoms with Crippen LogP contribution in [0.4, 0.5) is 23.7 Å². The van der Waals surface area contributed by atoms with Gasteiger partial charge in [0.05, 0.1) is 5.56 Å². The van der Waals surface area contributed by atoms with E-state index in [1.165, 1.54) is 19.1 Å². The maximum atomic E-state index is 12.8. The SMILES string of the molecule is C[C@@]1(O)N(CC(=O)Nc2cccc(C(F)(F)F)c2)C(=O)OC12CCCCC2. The van der Waals surface area contributed by atoms with Crippen molar-refractivity contribution in [2.45, 2.75) is 56.5 Å². The van der Waals surface area contributed by atoms with Crippen LogP contribution in [-0.4, -0.2) is 39.9 Å².